The Balaban J connectivity index is 2.04. The van der Waals surface area contributed by atoms with Crippen LogP contribution in [0.15, 0.2) is 55.1 Å². The van der Waals surface area contributed by atoms with Crippen molar-refractivity contribution in [2.45, 2.75) is 6.54 Å². The summed E-state index contributed by atoms with van der Waals surface area (Å²) >= 11 is 0. The number of nitrogens with zero attached hydrogens (tertiary/aromatic N) is 1. The third-order valence-electron chi connectivity index (χ3n) is 2.50. The molecule has 1 heterocycles. The van der Waals surface area contributed by atoms with Crippen molar-refractivity contribution in [1.29, 1.82) is 0 Å². The molecule has 0 amide bonds. The van der Waals surface area contributed by atoms with Gasteiger partial charge in [0.25, 0.3) is 0 Å². The summed E-state index contributed by atoms with van der Waals surface area (Å²) in [6.45, 7) is 4.59. The molecule has 19 heavy (non-hydrogen) atoms. The van der Waals surface area contributed by atoms with Crippen LogP contribution in [0, 0.1) is 5.95 Å². The number of nitrogens with one attached hydrogen (secondary N) is 1. The van der Waals surface area contributed by atoms with E-state index < -0.39 is 5.95 Å². The molecular weight excluding hydrogens is 243 g/mol. The number of hydrogen-bond donors (Lipinski definition) is 1. The van der Waals surface area contributed by atoms with Crippen molar-refractivity contribution < 1.29 is 9.13 Å². The monoisotopic (exact) mass is 258 g/mol. The Labute approximate surface area is 111 Å². The van der Waals surface area contributed by atoms with Crippen LogP contribution in [0.1, 0.15) is 5.56 Å². The molecule has 0 unspecified atom stereocenters. The molecule has 1 aromatic carbocycles. The SMILES string of the molecule is C=CCOc1ccccc1CNc1cccc(F)n1. The van der Waals surface area contributed by atoms with Crippen LogP contribution in [0.4, 0.5) is 10.2 Å². The second-order valence-corrected chi connectivity index (χ2v) is 3.91. The molecule has 3 nitrogen and oxygen atoms in total. The highest BCUT2D eigenvalue weighted by atomic mass is 19.1. The predicted octanol–water partition coefficient (Wildman–Crippen LogP) is 3.40. The molecule has 2 aromatic rings. The Morgan fingerprint density at radius 2 is 2.05 bits per heavy atom. The molecule has 0 aliphatic rings. The van der Waals surface area contributed by atoms with Crippen molar-refractivity contribution in [2.75, 3.05) is 11.9 Å². The van der Waals surface area contributed by atoms with Crippen molar-refractivity contribution in [2.24, 2.45) is 0 Å². The van der Waals surface area contributed by atoms with Gasteiger partial charge in [0.1, 0.15) is 18.2 Å². The Kier molecular flexibility index (Phi) is 4.50. The first-order chi connectivity index (χ1) is 9.29. The first-order valence-electron chi connectivity index (χ1n) is 5.97. The standard InChI is InChI=1S/C15H15FN2O/c1-2-10-19-13-7-4-3-6-12(13)11-17-15-9-5-8-14(16)18-15/h2-9H,1,10-11H2,(H,17,18). The van der Waals surface area contributed by atoms with Crippen molar-refractivity contribution in [3.05, 3.63) is 66.6 Å². The van der Waals surface area contributed by atoms with E-state index >= 15 is 0 Å². The number of anilines is 1. The second kappa shape index (κ2) is 6.54. The number of pyridine rings is 1. The minimum Gasteiger partial charge on any atom is -0.489 e. The van der Waals surface area contributed by atoms with Crippen LogP contribution >= 0.6 is 0 Å². The first-order valence-corrected chi connectivity index (χ1v) is 5.97. The van der Waals surface area contributed by atoms with E-state index in [9.17, 15) is 4.39 Å². The quantitative estimate of drug-likeness (QED) is 0.637. The average molecular weight is 258 g/mol. The molecule has 0 saturated carbocycles. The normalized spacial score (nSPS) is 9.95. The first kappa shape index (κ1) is 13.1. The van der Waals surface area contributed by atoms with E-state index in [2.05, 4.69) is 16.9 Å². The topological polar surface area (TPSA) is 34.1 Å². The number of para-hydroxylation sites is 1. The summed E-state index contributed by atoms with van der Waals surface area (Å²) in [6.07, 6.45) is 1.69. The lowest BCUT2D eigenvalue weighted by Gasteiger charge is -2.11. The lowest BCUT2D eigenvalue weighted by atomic mass is 10.2. The van der Waals surface area contributed by atoms with Crippen molar-refractivity contribution in [3.8, 4) is 5.75 Å². The molecule has 0 bridgehead atoms. The molecule has 4 heteroatoms. The van der Waals surface area contributed by atoms with Crippen molar-refractivity contribution in [1.82, 2.24) is 4.98 Å². The van der Waals surface area contributed by atoms with E-state index in [1.54, 1.807) is 18.2 Å². The van der Waals surface area contributed by atoms with E-state index in [-0.39, 0.29) is 0 Å². The summed E-state index contributed by atoms with van der Waals surface area (Å²) in [5, 5.41) is 3.06. The molecule has 0 saturated heterocycles. The van der Waals surface area contributed by atoms with E-state index in [0.29, 0.717) is 19.0 Å². The van der Waals surface area contributed by atoms with E-state index in [4.69, 9.17) is 4.74 Å². The fourth-order valence-corrected chi connectivity index (χ4v) is 1.63. The van der Waals surface area contributed by atoms with E-state index in [1.807, 2.05) is 24.3 Å². The molecule has 0 aliphatic heterocycles. The highest BCUT2D eigenvalue weighted by Crippen LogP contribution is 2.19. The lowest BCUT2D eigenvalue weighted by Crippen LogP contribution is -2.04. The third kappa shape index (κ3) is 3.81. The van der Waals surface area contributed by atoms with Gasteiger partial charge in [0.15, 0.2) is 0 Å². The number of ether oxygens (including phenoxy) is 1. The maximum absolute atomic E-state index is 13.0. The van der Waals surface area contributed by atoms with Gasteiger partial charge in [0.2, 0.25) is 5.95 Å². The van der Waals surface area contributed by atoms with Gasteiger partial charge in [-0.15, -0.1) is 0 Å². The Morgan fingerprint density at radius 1 is 1.21 bits per heavy atom. The summed E-state index contributed by atoms with van der Waals surface area (Å²) in [5.41, 5.74) is 0.982. The predicted molar refractivity (Wildman–Crippen MR) is 73.7 cm³/mol. The summed E-state index contributed by atoms with van der Waals surface area (Å²) in [7, 11) is 0. The van der Waals surface area contributed by atoms with Crippen LogP contribution in [0.3, 0.4) is 0 Å². The number of rotatable bonds is 6. The molecule has 0 spiro atoms. The van der Waals surface area contributed by atoms with Gasteiger partial charge in [-0.05, 0) is 18.2 Å². The average Bonchev–Trinajstić information content (AvgIpc) is 2.44. The molecule has 2 rings (SSSR count). The molecule has 98 valence electrons. The maximum atomic E-state index is 13.0. The van der Waals surface area contributed by atoms with Gasteiger partial charge in [-0.2, -0.15) is 4.39 Å². The van der Waals surface area contributed by atoms with E-state index in [1.165, 1.54) is 6.07 Å². The summed E-state index contributed by atoms with van der Waals surface area (Å²) in [5.74, 6) is 0.783. The molecular formula is C15H15FN2O. The van der Waals surface area contributed by atoms with Gasteiger partial charge >= 0.3 is 0 Å². The highest BCUT2D eigenvalue weighted by molar-refractivity contribution is 5.39. The van der Waals surface area contributed by atoms with Crippen molar-refractivity contribution in [3.63, 3.8) is 0 Å². The van der Waals surface area contributed by atoms with Crippen LogP contribution in [0.25, 0.3) is 0 Å². The fourth-order valence-electron chi connectivity index (χ4n) is 1.63. The van der Waals surface area contributed by atoms with Gasteiger partial charge in [-0.1, -0.05) is 36.9 Å². The highest BCUT2D eigenvalue weighted by Gasteiger charge is 2.03. The number of hydrogen-bond acceptors (Lipinski definition) is 3. The number of halogens is 1. The summed E-state index contributed by atoms with van der Waals surface area (Å²) in [6, 6.07) is 12.3. The van der Waals surface area contributed by atoms with Crippen LogP contribution in [0.2, 0.25) is 0 Å². The number of aromatic nitrogens is 1. The minimum atomic E-state index is -0.499. The molecule has 0 aliphatic carbocycles. The van der Waals surface area contributed by atoms with Gasteiger partial charge in [0.05, 0.1) is 0 Å². The lowest BCUT2D eigenvalue weighted by molar-refractivity contribution is 0.359. The second-order valence-electron chi connectivity index (χ2n) is 3.91. The molecule has 0 atom stereocenters. The molecule has 0 radical (unpaired) electrons. The number of benzene rings is 1. The van der Waals surface area contributed by atoms with Crippen LogP contribution < -0.4 is 10.1 Å². The van der Waals surface area contributed by atoms with Crippen LogP contribution in [0.5, 0.6) is 5.75 Å². The molecule has 1 aromatic heterocycles. The van der Waals surface area contributed by atoms with E-state index in [0.717, 1.165) is 11.3 Å². The van der Waals surface area contributed by atoms with Crippen molar-refractivity contribution >= 4 is 5.82 Å². The van der Waals surface area contributed by atoms with Gasteiger partial charge in [-0.25, -0.2) is 4.98 Å². The molecule has 0 fully saturated rings. The van der Waals surface area contributed by atoms with Crippen LogP contribution in [-0.4, -0.2) is 11.6 Å². The van der Waals surface area contributed by atoms with Crippen LogP contribution in [-0.2, 0) is 6.54 Å². The smallest absolute Gasteiger partial charge is 0.214 e. The third-order valence-corrected chi connectivity index (χ3v) is 2.50. The largest absolute Gasteiger partial charge is 0.489 e. The Morgan fingerprint density at radius 3 is 2.84 bits per heavy atom. The fraction of sp³-hybridized carbons (Fsp3) is 0.133. The zero-order valence-electron chi connectivity index (χ0n) is 10.5. The van der Waals surface area contributed by atoms with Gasteiger partial charge in [0, 0.05) is 12.1 Å². The Hall–Kier alpha value is -2.36. The zero-order valence-corrected chi connectivity index (χ0v) is 10.5. The molecule has 1 N–H and O–H groups in total. The van der Waals surface area contributed by atoms with Gasteiger partial charge in [-0.3, -0.25) is 0 Å². The summed E-state index contributed by atoms with van der Waals surface area (Å²) < 4.78 is 18.5. The maximum Gasteiger partial charge on any atom is 0.214 e. The minimum absolute atomic E-state index is 0.454. The Bertz CT molecular complexity index is 557. The zero-order chi connectivity index (χ0) is 13.5. The van der Waals surface area contributed by atoms with Gasteiger partial charge < -0.3 is 10.1 Å². The summed E-state index contributed by atoms with van der Waals surface area (Å²) in [4.78, 5) is 3.75.